The van der Waals surface area contributed by atoms with Gasteiger partial charge in [0.25, 0.3) is 0 Å². The first-order chi connectivity index (χ1) is 14.6. The van der Waals surface area contributed by atoms with E-state index in [2.05, 4.69) is 27.7 Å². The minimum absolute atomic E-state index is 0.0789. The summed E-state index contributed by atoms with van der Waals surface area (Å²) in [6.45, 7) is 5.24. The summed E-state index contributed by atoms with van der Waals surface area (Å²) in [5.74, 6) is 1.67. The summed E-state index contributed by atoms with van der Waals surface area (Å²) in [4.78, 5) is 10.5. The highest BCUT2D eigenvalue weighted by Gasteiger charge is 2.27. The van der Waals surface area contributed by atoms with Crippen molar-refractivity contribution in [2.75, 3.05) is 7.11 Å². The number of nitrogens with zero attached hydrogens (tertiary/aromatic N) is 5. The zero-order valence-electron chi connectivity index (χ0n) is 17.0. The van der Waals surface area contributed by atoms with E-state index in [1.165, 1.54) is 11.5 Å². The molecule has 7 nitrogen and oxygen atoms in total. The van der Waals surface area contributed by atoms with Crippen LogP contribution in [0.25, 0.3) is 11.3 Å². The van der Waals surface area contributed by atoms with Gasteiger partial charge in [0, 0.05) is 11.8 Å². The smallest absolute Gasteiger partial charge is 0.149 e. The van der Waals surface area contributed by atoms with Gasteiger partial charge >= 0.3 is 0 Å². The van der Waals surface area contributed by atoms with Gasteiger partial charge in [-0.05, 0) is 43.1 Å². The van der Waals surface area contributed by atoms with Crippen molar-refractivity contribution in [3.8, 4) is 17.0 Å². The summed E-state index contributed by atoms with van der Waals surface area (Å²) in [6, 6.07) is 8.05. The Labute approximate surface area is 182 Å². The molecule has 1 aliphatic rings. The normalized spacial score (nSPS) is 15.5. The molecule has 0 bridgehead atoms. The quantitative estimate of drug-likeness (QED) is 0.459. The predicted molar refractivity (Wildman–Crippen MR) is 116 cm³/mol. The molecule has 30 heavy (non-hydrogen) atoms. The first kappa shape index (κ1) is 19.3. The van der Waals surface area contributed by atoms with Crippen molar-refractivity contribution >= 4 is 22.9 Å². The molecule has 5 rings (SSSR count). The van der Waals surface area contributed by atoms with Crippen molar-refractivity contribution in [3.63, 3.8) is 0 Å². The Kier molecular flexibility index (Phi) is 5.10. The van der Waals surface area contributed by atoms with E-state index in [4.69, 9.17) is 19.6 Å². The van der Waals surface area contributed by atoms with E-state index in [0.29, 0.717) is 19.6 Å². The highest BCUT2D eigenvalue weighted by molar-refractivity contribution is 7.12. The van der Waals surface area contributed by atoms with E-state index in [1.54, 1.807) is 18.4 Å². The van der Waals surface area contributed by atoms with E-state index in [0.717, 1.165) is 49.0 Å². The van der Waals surface area contributed by atoms with Crippen molar-refractivity contribution in [1.29, 1.82) is 0 Å². The van der Waals surface area contributed by atoms with Crippen LogP contribution in [0.3, 0.4) is 0 Å². The number of ether oxygens (including phenoxy) is 2. The Morgan fingerprint density at radius 2 is 2.07 bits per heavy atom. The second-order valence-electron chi connectivity index (χ2n) is 7.21. The maximum Gasteiger partial charge on any atom is 0.149 e. The average Bonchev–Trinajstić information content (AvgIpc) is 3.44. The van der Waals surface area contributed by atoms with E-state index >= 15 is 0 Å². The number of methoxy groups -OCH3 is 1. The van der Waals surface area contributed by atoms with Gasteiger partial charge in [-0.1, -0.05) is 12.1 Å². The van der Waals surface area contributed by atoms with Gasteiger partial charge in [0.1, 0.15) is 27.3 Å². The number of fused-ring (bicyclic) bond motifs is 3. The van der Waals surface area contributed by atoms with Gasteiger partial charge < -0.3 is 9.47 Å². The van der Waals surface area contributed by atoms with Crippen LogP contribution < -0.4 is 4.74 Å². The molecule has 3 aromatic heterocycles. The number of hydrogen-bond acceptors (Lipinski definition) is 8. The SMILES string of the molecule is COc1ccc(Cn2cc3c(n2)C(C)OCc2sc(Cc4nsc(C)n4)nc2-3)cc1. The second kappa shape index (κ2) is 7.90. The topological polar surface area (TPSA) is 75.0 Å². The van der Waals surface area contributed by atoms with Crippen molar-refractivity contribution in [2.45, 2.75) is 39.5 Å². The Morgan fingerprint density at radius 3 is 2.80 bits per heavy atom. The van der Waals surface area contributed by atoms with Gasteiger partial charge in [0.15, 0.2) is 0 Å². The molecule has 1 unspecified atom stereocenters. The number of aryl methyl sites for hydroxylation is 1. The van der Waals surface area contributed by atoms with Gasteiger partial charge in [-0.15, -0.1) is 11.3 Å². The third-order valence-corrected chi connectivity index (χ3v) is 6.71. The lowest BCUT2D eigenvalue weighted by Crippen LogP contribution is -2.04. The second-order valence-corrected chi connectivity index (χ2v) is 9.34. The first-order valence-corrected chi connectivity index (χ1v) is 11.3. The van der Waals surface area contributed by atoms with Crippen LogP contribution >= 0.6 is 22.9 Å². The summed E-state index contributed by atoms with van der Waals surface area (Å²) >= 11 is 3.10. The fourth-order valence-corrected chi connectivity index (χ4v) is 5.02. The maximum absolute atomic E-state index is 6.07. The van der Waals surface area contributed by atoms with Crippen molar-refractivity contribution in [2.24, 2.45) is 0 Å². The molecule has 9 heteroatoms. The molecular formula is C21H21N5O2S2. The van der Waals surface area contributed by atoms with Gasteiger partial charge in [0.05, 0.1) is 43.4 Å². The molecule has 0 amide bonds. The Bertz CT molecular complexity index is 1180. The van der Waals surface area contributed by atoms with Crippen molar-refractivity contribution < 1.29 is 9.47 Å². The third-order valence-electron chi connectivity index (χ3n) is 5.02. The highest BCUT2D eigenvalue weighted by Crippen LogP contribution is 2.38. The molecule has 0 N–H and O–H groups in total. The molecule has 0 saturated carbocycles. The summed E-state index contributed by atoms with van der Waals surface area (Å²) in [5.41, 5.74) is 4.11. The molecule has 1 atom stereocenters. The highest BCUT2D eigenvalue weighted by atomic mass is 32.1. The lowest BCUT2D eigenvalue weighted by atomic mass is 10.1. The summed E-state index contributed by atoms with van der Waals surface area (Å²) in [5, 5.41) is 6.81. The van der Waals surface area contributed by atoms with Crippen LogP contribution in [0, 0.1) is 6.92 Å². The summed E-state index contributed by atoms with van der Waals surface area (Å²) in [7, 11) is 1.67. The molecule has 4 heterocycles. The number of benzene rings is 1. The summed E-state index contributed by atoms with van der Waals surface area (Å²) < 4.78 is 17.7. The molecule has 0 aliphatic carbocycles. The molecule has 0 fully saturated rings. The Hall–Kier alpha value is -2.62. The zero-order valence-corrected chi connectivity index (χ0v) is 18.6. The zero-order chi connectivity index (χ0) is 20.7. The Balaban J connectivity index is 1.45. The van der Waals surface area contributed by atoms with Crippen LogP contribution in [-0.4, -0.2) is 31.2 Å². The number of rotatable bonds is 5. The van der Waals surface area contributed by atoms with Crippen LogP contribution in [0.2, 0.25) is 0 Å². The van der Waals surface area contributed by atoms with E-state index in [1.807, 2.05) is 30.7 Å². The Morgan fingerprint density at radius 1 is 1.23 bits per heavy atom. The molecule has 0 saturated heterocycles. The fourth-order valence-electron chi connectivity index (χ4n) is 3.53. The van der Waals surface area contributed by atoms with Crippen LogP contribution in [0.1, 0.15) is 45.0 Å². The van der Waals surface area contributed by atoms with Gasteiger partial charge in [-0.2, -0.15) is 9.47 Å². The van der Waals surface area contributed by atoms with Gasteiger partial charge in [-0.25, -0.2) is 9.97 Å². The van der Waals surface area contributed by atoms with Crippen LogP contribution in [0.4, 0.5) is 0 Å². The van der Waals surface area contributed by atoms with E-state index in [9.17, 15) is 0 Å². The maximum atomic E-state index is 6.07. The third kappa shape index (κ3) is 3.76. The molecular weight excluding hydrogens is 418 g/mol. The molecule has 1 aliphatic heterocycles. The fraction of sp³-hybridized carbons (Fsp3) is 0.333. The average molecular weight is 440 g/mol. The predicted octanol–water partition coefficient (Wildman–Crippen LogP) is 4.41. The van der Waals surface area contributed by atoms with E-state index in [-0.39, 0.29) is 6.10 Å². The lowest BCUT2D eigenvalue weighted by Gasteiger charge is -2.08. The standard InChI is InChI=1S/C21H21N5O2S2/c1-12-20-16(10-26(24-20)9-14-4-6-15(27-3)7-5-14)21-17(11-28-12)29-19(23-21)8-18-22-13(2)30-25-18/h4-7,10,12H,8-9,11H2,1-3H3. The van der Waals surface area contributed by atoms with E-state index < -0.39 is 0 Å². The summed E-state index contributed by atoms with van der Waals surface area (Å²) in [6.07, 6.45) is 2.65. The van der Waals surface area contributed by atoms with Crippen LogP contribution in [0.15, 0.2) is 30.5 Å². The minimum Gasteiger partial charge on any atom is -0.497 e. The number of hydrogen-bond donors (Lipinski definition) is 0. The molecule has 1 aromatic carbocycles. The van der Waals surface area contributed by atoms with Crippen molar-refractivity contribution in [3.05, 3.63) is 62.4 Å². The van der Waals surface area contributed by atoms with Gasteiger partial charge in [-0.3, -0.25) is 4.68 Å². The molecule has 154 valence electrons. The molecule has 4 aromatic rings. The number of thiazole rings is 1. The monoisotopic (exact) mass is 439 g/mol. The van der Waals surface area contributed by atoms with Crippen molar-refractivity contribution in [1.82, 2.24) is 24.1 Å². The molecule has 0 spiro atoms. The first-order valence-electron chi connectivity index (χ1n) is 9.69. The minimum atomic E-state index is -0.0789. The van der Waals surface area contributed by atoms with Gasteiger partial charge in [0.2, 0.25) is 0 Å². The molecule has 0 radical (unpaired) electrons. The van der Waals surface area contributed by atoms with Crippen LogP contribution in [-0.2, 0) is 24.3 Å². The number of aromatic nitrogens is 5. The lowest BCUT2D eigenvalue weighted by molar-refractivity contribution is 0.0533. The van der Waals surface area contributed by atoms with Crippen LogP contribution in [0.5, 0.6) is 5.75 Å². The largest absolute Gasteiger partial charge is 0.497 e.